The molecule has 170 valence electrons. The van der Waals surface area contributed by atoms with Crippen LogP contribution >= 0.6 is 20.6 Å². The highest BCUT2D eigenvalue weighted by Crippen LogP contribution is 2.35. The maximum absolute atomic E-state index is 10.1. The highest BCUT2D eigenvalue weighted by molar-refractivity contribution is 7.18. The molecular formula is C22H34N5O2PS. The number of allylic oxidation sites excluding steroid dienone is 4. The fraction of sp³-hybridized carbons (Fsp3) is 0.500. The summed E-state index contributed by atoms with van der Waals surface area (Å²) >= 11 is 1.61. The van der Waals surface area contributed by atoms with Gasteiger partial charge in [0, 0.05) is 43.2 Å². The van der Waals surface area contributed by atoms with Crippen LogP contribution in [0.2, 0.25) is 0 Å². The fourth-order valence-corrected chi connectivity index (χ4v) is 3.93. The van der Waals surface area contributed by atoms with Gasteiger partial charge in [0.1, 0.15) is 10.7 Å². The van der Waals surface area contributed by atoms with Crippen molar-refractivity contribution in [2.75, 3.05) is 19.6 Å². The molecule has 0 fully saturated rings. The van der Waals surface area contributed by atoms with E-state index >= 15 is 0 Å². The van der Waals surface area contributed by atoms with Crippen LogP contribution in [0.15, 0.2) is 34.3 Å². The zero-order valence-electron chi connectivity index (χ0n) is 18.8. The van der Waals surface area contributed by atoms with Crippen molar-refractivity contribution in [2.24, 2.45) is 0 Å². The molecule has 0 saturated carbocycles. The van der Waals surface area contributed by atoms with Crippen LogP contribution in [0.1, 0.15) is 45.6 Å². The zero-order valence-corrected chi connectivity index (χ0v) is 20.7. The number of carbonyl (C=O) groups excluding carboxylic acids is 1. The van der Waals surface area contributed by atoms with E-state index in [4.69, 9.17) is 4.52 Å². The van der Waals surface area contributed by atoms with Crippen molar-refractivity contribution in [2.45, 2.75) is 52.4 Å². The number of hydrogen-bond donors (Lipinski definition) is 3. The molecule has 9 heteroatoms. The lowest BCUT2D eigenvalue weighted by molar-refractivity contribution is -0.119. The Morgan fingerprint density at radius 3 is 2.68 bits per heavy atom. The molecule has 2 unspecified atom stereocenters. The van der Waals surface area contributed by atoms with Gasteiger partial charge in [0.05, 0.1) is 12.1 Å². The molecule has 7 nitrogen and oxygen atoms in total. The van der Waals surface area contributed by atoms with E-state index in [1.165, 1.54) is 6.92 Å². The van der Waals surface area contributed by atoms with Gasteiger partial charge in [-0.05, 0) is 32.5 Å². The van der Waals surface area contributed by atoms with Crippen molar-refractivity contribution < 1.29 is 9.32 Å². The second kappa shape index (κ2) is 13.5. The Morgan fingerprint density at radius 1 is 1.35 bits per heavy atom. The normalized spacial score (nSPS) is 15.4. The minimum absolute atomic E-state index is 0.0370. The number of nitrogens with zero attached hydrogens (tertiary/aromatic N) is 2. The van der Waals surface area contributed by atoms with E-state index in [9.17, 15) is 4.79 Å². The standard InChI is InChI=1S/C17H23N4OPS.C5H11NO/c1-2-18-7-8-19-11-14-15(17-20-9-10-24-17)16(21-22-14)12-3-5-13(23)6-4-12;1-4(2)6-5(3)7/h3-5,9-10,13,18-19H,2,6-8,11,23H2,1H3;4H,1-3H3,(H,6,7). The first-order valence-electron chi connectivity index (χ1n) is 10.6. The minimum atomic E-state index is 0.0370. The van der Waals surface area contributed by atoms with Crippen molar-refractivity contribution in [3.8, 4) is 10.6 Å². The first kappa shape index (κ1) is 25.4. The van der Waals surface area contributed by atoms with Gasteiger partial charge in [-0.2, -0.15) is 0 Å². The molecule has 2 heterocycles. The molecule has 3 N–H and O–H groups in total. The molecule has 31 heavy (non-hydrogen) atoms. The van der Waals surface area contributed by atoms with Crippen LogP contribution in [0.5, 0.6) is 0 Å². The van der Waals surface area contributed by atoms with Crippen LogP contribution in [0.25, 0.3) is 16.1 Å². The third kappa shape index (κ3) is 8.65. The maximum atomic E-state index is 10.1. The largest absolute Gasteiger partial charge is 0.359 e. The van der Waals surface area contributed by atoms with Crippen LogP contribution in [0.3, 0.4) is 0 Å². The van der Waals surface area contributed by atoms with Crippen LogP contribution in [0.4, 0.5) is 0 Å². The number of rotatable bonds is 9. The molecule has 1 aliphatic rings. The first-order chi connectivity index (χ1) is 14.9. The number of likely N-dealkylation sites (N-methyl/N-ethyl adjacent to an activating group) is 1. The third-order valence-electron chi connectivity index (χ3n) is 4.32. The van der Waals surface area contributed by atoms with Gasteiger partial charge >= 0.3 is 0 Å². The van der Waals surface area contributed by atoms with Gasteiger partial charge < -0.3 is 20.5 Å². The first-order valence-corrected chi connectivity index (χ1v) is 12.2. The number of thiazole rings is 1. The summed E-state index contributed by atoms with van der Waals surface area (Å²) < 4.78 is 5.66. The van der Waals surface area contributed by atoms with Gasteiger partial charge in [-0.25, -0.2) is 4.98 Å². The molecule has 1 aliphatic carbocycles. The van der Waals surface area contributed by atoms with Crippen molar-refractivity contribution >= 4 is 32.1 Å². The Kier molecular flexibility index (Phi) is 11.1. The van der Waals surface area contributed by atoms with E-state index in [2.05, 4.69) is 60.5 Å². The summed E-state index contributed by atoms with van der Waals surface area (Å²) in [4.78, 5) is 14.6. The second-order valence-corrected chi connectivity index (χ2v) is 9.22. The highest BCUT2D eigenvalue weighted by Gasteiger charge is 2.22. The molecule has 2 atom stereocenters. The predicted octanol–water partition coefficient (Wildman–Crippen LogP) is 3.62. The average Bonchev–Trinajstić information content (AvgIpc) is 3.37. The molecule has 0 aromatic carbocycles. The summed E-state index contributed by atoms with van der Waals surface area (Å²) in [7, 11) is 2.83. The molecule has 1 amide bonds. The molecule has 0 bridgehead atoms. The SMILES string of the molecule is CC(=O)NC(C)C.CCNCCNCc1onc(C2=CCC(P)C=C2)c1-c1nccs1. The van der Waals surface area contributed by atoms with Gasteiger partial charge in [0.15, 0.2) is 5.76 Å². The number of aromatic nitrogens is 2. The van der Waals surface area contributed by atoms with Gasteiger partial charge in [0.2, 0.25) is 5.91 Å². The van der Waals surface area contributed by atoms with E-state index in [1.807, 2.05) is 25.4 Å². The molecule has 0 spiro atoms. The topological polar surface area (TPSA) is 92.1 Å². The number of carbonyl (C=O) groups is 1. The molecule has 0 aliphatic heterocycles. The van der Waals surface area contributed by atoms with Gasteiger partial charge in [-0.1, -0.05) is 30.3 Å². The average molecular weight is 464 g/mol. The molecule has 0 radical (unpaired) electrons. The summed E-state index contributed by atoms with van der Waals surface area (Å²) in [6.07, 6.45) is 9.35. The predicted molar refractivity (Wildman–Crippen MR) is 132 cm³/mol. The lowest BCUT2D eigenvalue weighted by Gasteiger charge is -2.10. The summed E-state index contributed by atoms with van der Waals surface area (Å²) in [6.45, 7) is 10.9. The van der Waals surface area contributed by atoms with E-state index in [0.29, 0.717) is 12.2 Å². The van der Waals surface area contributed by atoms with Gasteiger partial charge in [-0.3, -0.25) is 4.79 Å². The minimum Gasteiger partial charge on any atom is -0.359 e. The molecule has 2 aromatic rings. The van der Waals surface area contributed by atoms with E-state index < -0.39 is 0 Å². The molecule has 3 rings (SSSR count). The van der Waals surface area contributed by atoms with Crippen molar-refractivity contribution in [1.29, 1.82) is 0 Å². The summed E-state index contributed by atoms with van der Waals surface area (Å²) in [5.74, 6) is 0.883. The summed E-state index contributed by atoms with van der Waals surface area (Å²) in [5.41, 5.74) is 3.51. The lowest BCUT2D eigenvalue weighted by atomic mass is 10.0. The molecule has 0 saturated heterocycles. The van der Waals surface area contributed by atoms with Crippen molar-refractivity contribution in [3.63, 3.8) is 0 Å². The lowest BCUT2D eigenvalue weighted by Crippen LogP contribution is -2.27. The van der Waals surface area contributed by atoms with Crippen LogP contribution in [-0.2, 0) is 11.3 Å². The number of hydrogen-bond acceptors (Lipinski definition) is 7. The molecular weight excluding hydrogens is 429 g/mol. The maximum Gasteiger partial charge on any atom is 0.217 e. The van der Waals surface area contributed by atoms with E-state index in [0.717, 1.165) is 53.7 Å². The third-order valence-corrected chi connectivity index (χ3v) is 5.61. The van der Waals surface area contributed by atoms with Gasteiger partial charge in [-0.15, -0.1) is 20.6 Å². The Balaban J connectivity index is 0.000000423. The Bertz CT molecular complexity index is 861. The van der Waals surface area contributed by atoms with Crippen LogP contribution in [0, 0.1) is 0 Å². The Morgan fingerprint density at radius 2 is 2.13 bits per heavy atom. The van der Waals surface area contributed by atoms with E-state index in [1.54, 1.807) is 11.3 Å². The Labute approximate surface area is 191 Å². The quantitative estimate of drug-likeness (QED) is 0.389. The Hall–Kier alpha value is -1.86. The summed E-state index contributed by atoms with van der Waals surface area (Å²) in [5, 5.41) is 16.7. The highest BCUT2D eigenvalue weighted by atomic mass is 32.1. The van der Waals surface area contributed by atoms with Crippen molar-refractivity contribution in [1.82, 2.24) is 26.1 Å². The monoisotopic (exact) mass is 463 g/mol. The van der Waals surface area contributed by atoms with Crippen LogP contribution in [-0.4, -0.2) is 47.4 Å². The summed E-state index contributed by atoms with van der Waals surface area (Å²) in [6, 6.07) is 0.275. The zero-order chi connectivity index (χ0) is 22.6. The second-order valence-electron chi connectivity index (χ2n) is 7.47. The number of nitrogens with one attached hydrogen (secondary N) is 3. The fourth-order valence-electron chi connectivity index (χ4n) is 2.98. The van der Waals surface area contributed by atoms with Gasteiger partial charge in [0.25, 0.3) is 0 Å². The molecule has 2 aromatic heterocycles. The smallest absolute Gasteiger partial charge is 0.217 e. The number of amides is 1. The van der Waals surface area contributed by atoms with Crippen molar-refractivity contribution in [3.05, 3.63) is 41.3 Å². The van der Waals surface area contributed by atoms with Crippen LogP contribution < -0.4 is 16.0 Å². The van der Waals surface area contributed by atoms with E-state index in [-0.39, 0.29) is 11.9 Å².